The number of halogens is 1. The first-order valence-corrected chi connectivity index (χ1v) is 5.84. The van der Waals surface area contributed by atoms with Gasteiger partial charge in [-0.05, 0) is 25.3 Å². The molecule has 1 fully saturated rings. The summed E-state index contributed by atoms with van der Waals surface area (Å²) in [5, 5.41) is 9.12. The molecule has 0 amide bonds. The molecule has 2 atom stereocenters. The van der Waals surface area contributed by atoms with Gasteiger partial charge in [-0.15, -0.1) is 0 Å². The van der Waals surface area contributed by atoms with Crippen molar-refractivity contribution >= 4 is 17.6 Å². The van der Waals surface area contributed by atoms with Crippen LogP contribution < -0.4 is 0 Å². The summed E-state index contributed by atoms with van der Waals surface area (Å²) in [5.41, 5.74) is 1.45. The van der Waals surface area contributed by atoms with Crippen molar-refractivity contribution in [1.29, 1.82) is 0 Å². The first-order valence-electron chi connectivity index (χ1n) is 5.41. The van der Waals surface area contributed by atoms with Crippen LogP contribution in [0.2, 0.25) is 0 Å². The van der Waals surface area contributed by atoms with Crippen LogP contribution in [-0.4, -0.2) is 35.1 Å². The molecule has 15 heavy (non-hydrogen) atoms. The molecule has 3 nitrogen and oxygen atoms in total. The third-order valence-corrected chi connectivity index (χ3v) is 3.29. The van der Waals surface area contributed by atoms with E-state index in [2.05, 4.69) is 6.92 Å². The number of carboxylic acids is 1. The van der Waals surface area contributed by atoms with Gasteiger partial charge in [0.2, 0.25) is 0 Å². The van der Waals surface area contributed by atoms with Crippen LogP contribution in [0.25, 0.3) is 0 Å². The molecule has 0 aliphatic carbocycles. The van der Waals surface area contributed by atoms with Gasteiger partial charge >= 0.3 is 5.97 Å². The normalized spacial score (nSPS) is 28.4. The number of likely N-dealkylation sites (tertiary alicyclic amines) is 1. The van der Waals surface area contributed by atoms with Crippen LogP contribution >= 0.6 is 11.6 Å². The van der Waals surface area contributed by atoms with Crippen molar-refractivity contribution in [1.82, 2.24) is 4.90 Å². The molecule has 1 heterocycles. The zero-order valence-electron chi connectivity index (χ0n) is 9.03. The maximum atomic E-state index is 11.1. The van der Waals surface area contributed by atoms with Crippen LogP contribution in [0.1, 0.15) is 26.2 Å². The Balaban J connectivity index is 2.58. The van der Waals surface area contributed by atoms with Crippen molar-refractivity contribution in [3.05, 3.63) is 11.6 Å². The molecule has 0 spiro atoms. The molecule has 0 aromatic heterocycles. The molecule has 4 heteroatoms. The number of rotatable bonds is 4. The molecular weight excluding hydrogens is 214 g/mol. The Bertz CT molecular complexity index is 243. The predicted molar refractivity (Wildman–Crippen MR) is 61.0 cm³/mol. The molecule has 0 aromatic rings. The highest BCUT2D eigenvalue weighted by molar-refractivity contribution is 6.25. The monoisotopic (exact) mass is 231 g/mol. The summed E-state index contributed by atoms with van der Waals surface area (Å²) in [6.45, 7) is 3.62. The second-order valence-corrected chi connectivity index (χ2v) is 4.26. The van der Waals surface area contributed by atoms with E-state index in [0.29, 0.717) is 12.5 Å². The Morgan fingerprint density at radius 1 is 1.67 bits per heavy atom. The van der Waals surface area contributed by atoms with Crippen molar-refractivity contribution < 1.29 is 9.90 Å². The zero-order chi connectivity index (χ0) is 11.3. The van der Waals surface area contributed by atoms with E-state index in [-0.39, 0.29) is 6.04 Å². The van der Waals surface area contributed by atoms with Gasteiger partial charge in [0.15, 0.2) is 0 Å². The van der Waals surface area contributed by atoms with E-state index in [9.17, 15) is 4.79 Å². The highest BCUT2D eigenvalue weighted by atomic mass is 35.5. The van der Waals surface area contributed by atoms with E-state index in [4.69, 9.17) is 16.7 Å². The summed E-state index contributed by atoms with van der Waals surface area (Å²) in [6, 6.07) is -0.337. The van der Waals surface area contributed by atoms with E-state index in [1.54, 1.807) is 6.08 Å². The van der Waals surface area contributed by atoms with Crippen LogP contribution in [0.15, 0.2) is 11.6 Å². The van der Waals surface area contributed by atoms with Gasteiger partial charge in [0.05, 0.1) is 0 Å². The van der Waals surface area contributed by atoms with Crippen molar-refractivity contribution in [2.24, 2.45) is 5.92 Å². The van der Waals surface area contributed by atoms with Gasteiger partial charge in [-0.25, -0.2) is 0 Å². The van der Waals surface area contributed by atoms with Gasteiger partial charge in [-0.2, -0.15) is 0 Å². The molecule has 0 saturated carbocycles. The summed E-state index contributed by atoms with van der Waals surface area (Å²) < 4.78 is 0. The number of carboxylic acid groups (broad SMARTS) is 1. The molecule has 1 rings (SSSR count). The minimum absolute atomic E-state index is 0.337. The topological polar surface area (TPSA) is 40.5 Å². The summed E-state index contributed by atoms with van der Waals surface area (Å²) in [5.74, 6) is -0.154. The Morgan fingerprint density at radius 3 is 2.93 bits per heavy atom. The fourth-order valence-corrected chi connectivity index (χ4v) is 2.19. The molecule has 1 aliphatic rings. The number of hydrogen-bond acceptors (Lipinski definition) is 2. The highest BCUT2D eigenvalue weighted by Gasteiger charge is 2.31. The lowest BCUT2D eigenvalue weighted by Gasteiger charge is -2.36. The van der Waals surface area contributed by atoms with E-state index < -0.39 is 5.97 Å². The SMILES string of the molecule is CCC1CCN(C/C=C/Cl)C(C(=O)O)C1. The molecule has 2 unspecified atom stereocenters. The Kier molecular flexibility index (Phi) is 5.12. The van der Waals surface area contributed by atoms with E-state index in [1.807, 2.05) is 4.90 Å². The Labute approximate surface area is 95.7 Å². The average Bonchev–Trinajstić information content (AvgIpc) is 2.26. The lowest BCUT2D eigenvalue weighted by molar-refractivity contribution is -0.145. The van der Waals surface area contributed by atoms with Crippen molar-refractivity contribution in [3.63, 3.8) is 0 Å². The molecule has 0 radical (unpaired) electrons. The van der Waals surface area contributed by atoms with E-state index in [1.165, 1.54) is 5.54 Å². The van der Waals surface area contributed by atoms with Crippen LogP contribution in [-0.2, 0) is 4.79 Å². The standard InChI is InChI=1S/C11H18ClNO2/c1-2-9-4-7-13(6-3-5-12)10(8-9)11(14)15/h3,5,9-10H,2,4,6-8H2,1H3,(H,14,15)/b5-3+. The zero-order valence-corrected chi connectivity index (χ0v) is 9.78. The van der Waals surface area contributed by atoms with Crippen molar-refractivity contribution in [2.75, 3.05) is 13.1 Å². The minimum Gasteiger partial charge on any atom is -0.480 e. The quantitative estimate of drug-likeness (QED) is 0.807. The first kappa shape index (κ1) is 12.5. The van der Waals surface area contributed by atoms with E-state index >= 15 is 0 Å². The summed E-state index contributed by atoms with van der Waals surface area (Å²) in [7, 11) is 0. The molecule has 86 valence electrons. The maximum absolute atomic E-state index is 11.1. The predicted octanol–water partition coefficient (Wildman–Crippen LogP) is 2.31. The molecule has 1 aliphatic heterocycles. The Hall–Kier alpha value is -0.540. The molecule has 0 aromatic carbocycles. The number of carbonyl (C=O) groups is 1. The van der Waals surface area contributed by atoms with Gasteiger partial charge in [0.1, 0.15) is 6.04 Å². The van der Waals surface area contributed by atoms with Gasteiger partial charge in [-0.3, -0.25) is 9.69 Å². The van der Waals surface area contributed by atoms with Crippen LogP contribution in [0.4, 0.5) is 0 Å². The van der Waals surface area contributed by atoms with Crippen molar-refractivity contribution in [3.8, 4) is 0 Å². The second-order valence-electron chi connectivity index (χ2n) is 4.01. The summed E-state index contributed by atoms with van der Waals surface area (Å²) in [6.07, 6.45) is 4.73. The summed E-state index contributed by atoms with van der Waals surface area (Å²) in [4.78, 5) is 13.1. The van der Waals surface area contributed by atoms with Crippen molar-refractivity contribution in [2.45, 2.75) is 32.2 Å². The largest absolute Gasteiger partial charge is 0.480 e. The molecule has 0 bridgehead atoms. The molecule has 1 N–H and O–H groups in total. The lowest BCUT2D eigenvalue weighted by atomic mass is 9.89. The lowest BCUT2D eigenvalue weighted by Crippen LogP contribution is -2.47. The maximum Gasteiger partial charge on any atom is 0.320 e. The second kappa shape index (κ2) is 6.13. The number of hydrogen-bond donors (Lipinski definition) is 1. The minimum atomic E-state index is -0.712. The fraction of sp³-hybridized carbons (Fsp3) is 0.727. The number of piperidine rings is 1. The third kappa shape index (κ3) is 3.50. The van der Waals surface area contributed by atoms with E-state index in [0.717, 1.165) is 25.8 Å². The van der Waals surface area contributed by atoms with Gasteiger partial charge < -0.3 is 5.11 Å². The van der Waals surface area contributed by atoms with Gasteiger partial charge in [0, 0.05) is 12.1 Å². The van der Waals surface area contributed by atoms with Crippen LogP contribution in [0.5, 0.6) is 0 Å². The number of aliphatic carboxylic acids is 1. The molecular formula is C11H18ClNO2. The fourth-order valence-electron chi connectivity index (χ4n) is 2.11. The first-order chi connectivity index (χ1) is 7.19. The van der Waals surface area contributed by atoms with Gasteiger partial charge in [-0.1, -0.05) is 31.0 Å². The van der Waals surface area contributed by atoms with Crippen LogP contribution in [0.3, 0.4) is 0 Å². The third-order valence-electron chi connectivity index (χ3n) is 3.11. The Morgan fingerprint density at radius 2 is 2.40 bits per heavy atom. The highest BCUT2D eigenvalue weighted by Crippen LogP contribution is 2.25. The average molecular weight is 232 g/mol. The summed E-state index contributed by atoms with van der Waals surface area (Å²) >= 11 is 5.45. The van der Waals surface area contributed by atoms with Gasteiger partial charge in [0.25, 0.3) is 0 Å². The molecule has 1 saturated heterocycles. The van der Waals surface area contributed by atoms with Crippen LogP contribution in [0, 0.1) is 5.92 Å². The number of nitrogens with zero attached hydrogens (tertiary/aromatic N) is 1. The smallest absolute Gasteiger partial charge is 0.320 e.